The minimum Gasteiger partial charge on any atom is -0.481 e. The van der Waals surface area contributed by atoms with Crippen molar-refractivity contribution >= 4 is 11.6 Å². The maximum absolute atomic E-state index is 12.0. The summed E-state index contributed by atoms with van der Waals surface area (Å²) in [6.07, 6.45) is 1.66. The van der Waals surface area contributed by atoms with Crippen molar-refractivity contribution in [3.05, 3.63) is 60.4 Å². The molecule has 6 heteroatoms. The summed E-state index contributed by atoms with van der Waals surface area (Å²) < 4.78 is 10.2. The van der Waals surface area contributed by atoms with E-state index in [1.165, 1.54) is 13.3 Å². The van der Waals surface area contributed by atoms with Crippen LogP contribution in [0.15, 0.2) is 59.3 Å². The summed E-state index contributed by atoms with van der Waals surface area (Å²) in [7, 11) is 1.54. The Labute approximate surface area is 133 Å². The van der Waals surface area contributed by atoms with Gasteiger partial charge in [0.15, 0.2) is 5.76 Å². The molecule has 116 valence electrons. The maximum atomic E-state index is 12.0. The van der Waals surface area contributed by atoms with E-state index in [-0.39, 0.29) is 12.3 Å². The van der Waals surface area contributed by atoms with E-state index in [4.69, 9.17) is 9.26 Å². The third kappa shape index (κ3) is 3.74. The lowest BCUT2D eigenvalue weighted by molar-refractivity contribution is -0.115. The number of hydrogen-bond acceptors (Lipinski definition) is 5. The number of carbonyl (C=O) groups is 1. The fourth-order valence-corrected chi connectivity index (χ4v) is 2.08. The van der Waals surface area contributed by atoms with Gasteiger partial charge in [0.1, 0.15) is 0 Å². The van der Waals surface area contributed by atoms with Crippen molar-refractivity contribution in [3.8, 4) is 17.2 Å². The van der Waals surface area contributed by atoms with Gasteiger partial charge in [0, 0.05) is 17.7 Å². The lowest BCUT2D eigenvalue weighted by Crippen LogP contribution is -2.14. The van der Waals surface area contributed by atoms with Gasteiger partial charge in [-0.15, -0.1) is 0 Å². The van der Waals surface area contributed by atoms with Crippen molar-refractivity contribution in [1.29, 1.82) is 0 Å². The number of nitrogens with zero attached hydrogens (tertiary/aromatic N) is 2. The largest absolute Gasteiger partial charge is 0.481 e. The zero-order chi connectivity index (χ0) is 16.1. The molecule has 0 bridgehead atoms. The molecule has 0 aliphatic carbocycles. The minimum absolute atomic E-state index is 0.127. The van der Waals surface area contributed by atoms with Crippen molar-refractivity contribution in [2.45, 2.75) is 6.42 Å². The van der Waals surface area contributed by atoms with E-state index < -0.39 is 0 Å². The molecule has 2 aromatic heterocycles. The van der Waals surface area contributed by atoms with Gasteiger partial charge in [0.05, 0.1) is 31.1 Å². The molecule has 0 radical (unpaired) electrons. The first-order valence-corrected chi connectivity index (χ1v) is 7.05. The van der Waals surface area contributed by atoms with Crippen LogP contribution in [0.2, 0.25) is 0 Å². The molecule has 6 nitrogen and oxygen atoms in total. The van der Waals surface area contributed by atoms with E-state index in [0.717, 1.165) is 5.56 Å². The van der Waals surface area contributed by atoms with Gasteiger partial charge >= 0.3 is 0 Å². The van der Waals surface area contributed by atoms with Gasteiger partial charge in [-0.25, -0.2) is 4.98 Å². The van der Waals surface area contributed by atoms with Crippen LogP contribution in [0.25, 0.3) is 11.3 Å². The van der Waals surface area contributed by atoms with Crippen LogP contribution in [-0.4, -0.2) is 23.2 Å². The second-order valence-corrected chi connectivity index (χ2v) is 4.86. The Morgan fingerprint density at radius 3 is 2.74 bits per heavy atom. The van der Waals surface area contributed by atoms with Crippen LogP contribution in [0, 0.1) is 0 Å². The molecule has 0 saturated carbocycles. The molecule has 0 aliphatic heterocycles. The number of nitrogens with one attached hydrogen (secondary N) is 1. The molecule has 1 amide bonds. The Morgan fingerprint density at radius 1 is 1.22 bits per heavy atom. The highest BCUT2D eigenvalue weighted by molar-refractivity contribution is 5.91. The van der Waals surface area contributed by atoms with Gasteiger partial charge in [-0.05, 0) is 6.07 Å². The molecule has 3 rings (SSSR count). The first-order chi connectivity index (χ1) is 11.2. The number of methoxy groups -OCH3 is 1. The lowest BCUT2D eigenvalue weighted by atomic mass is 10.1. The molecule has 0 aliphatic rings. The minimum atomic E-state index is -0.190. The normalized spacial score (nSPS) is 10.3. The van der Waals surface area contributed by atoms with Crippen LogP contribution in [0.3, 0.4) is 0 Å². The molecule has 0 unspecified atom stereocenters. The number of amides is 1. The standard InChI is InChI=1S/C17H15N3O3/c1-22-17-8-7-13(11-18-17)19-16(21)10-14-9-15(23-20-14)12-5-3-2-4-6-12/h2-9,11H,10H2,1H3,(H,19,21). The quantitative estimate of drug-likeness (QED) is 0.784. The Balaban J connectivity index is 1.63. The van der Waals surface area contributed by atoms with Crippen LogP contribution in [-0.2, 0) is 11.2 Å². The van der Waals surface area contributed by atoms with E-state index >= 15 is 0 Å². The van der Waals surface area contributed by atoms with Crippen molar-refractivity contribution in [1.82, 2.24) is 10.1 Å². The fourth-order valence-electron chi connectivity index (χ4n) is 2.08. The molecule has 1 N–H and O–H groups in total. The van der Waals surface area contributed by atoms with Crippen molar-refractivity contribution in [2.24, 2.45) is 0 Å². The molecule has 0 fully saturated rings. The van der Waals surface area contributed by atoms with Crippen molar-refractivity contribution in [3.63, 3.8) is 0 Å². The van der Waals surface area contributed by atoms with Crippen LogP contribution in [0.4, 0.5) is 5.69 Å². The number of anilines is 1. The van der Waals surface area contributed by atoms with Gasteiger partial charge in [-0.1, -0.05) is 35.5 Å². The maximum Gasteiger partial charge on any atom is 0.230 e. The molecule has 23 heavy (non-hydrogen) atoms. The average Bonchev–Trinajstić information content (AvgIpc) is 3.04. The van der Waals surface area contributed by atoms with Crippen LogP contribution in [0.5, 0.6) is 5.88 Å². The number of pyridine rings is 1. The lowest BCUT2D eigenvalue weighted by Gasteiger charge is -2.04. The van der Waals surface area contributed by atoms with Gasteiger partial charge in [0.25, 0.3) is 0 Å². The summed E-state index contributed by atoms with van der Waals surface area (Å²) in [5.41, 5.74) is 2.09. The van der Waals surface area contributed by atoms with Gasteiger partial charge in [-0.3, -0.25) is 4.79 Å². The highest BCUT2D eigenvalue weighted by Gasteiger charge is 2.11. The van der Waals surface area contributed by atoms with E-state index in [2.05, 4.69) is 15.5 Å². The van der Waals surface area contributed by atoms with Crippen molar-refractivity contribution in [2.75, 3.05) is 12.4 Å². The summed E-state index contributed by atoms with van der Waals surface area (Å²) in [5.74, 6) is 0.941. The predicted octanol–water partition coefficient (Wildman–Crippen LogP) is 2.93. The molecule has 0 atom stereocenters. The van der Waals surface area contributed by atoms with E-state index in [1.807, 2.05) is 30.3 Å². The molecular formula is C17H15N3O3. The van der Waals surface area contributed by atoms with Crippen molar-refractivity contribution < 1.29 is 14.1 Å². The Bertz CT molecular complexity index is 782. The molecule has 3 aromatic rings. The van der Waals surface area contributed by atoms with Gasteiger partial charge in [0.2, 0.25) is 11.8 Å². The van der Waals surface area contributed by atoms with Gasteiger partial charge < -0.3 is 14.6 Å². The number of rotatable bonds is 5. The Kier molecular flexibility index (Phi) is 4.33. The van der Waals surface area contributed by atoms with Crippen LogP contribution >= 0.6 is 0 Å². The Hall–Kier alpha value is -3.15. The fraction of sp³-hybridized carbons (Fsp3) is 0.118. The number of carbonyl (C=O) groups excluding carboxylic acids is 1. The molecule has 0 spiro atoms. The van der Waals surface area contributed by atoms with Gasteiger partial charge in [-0.2, -0.15) is 0 Å². The molecular weight excluding hydrogens is 294 g/mol. The van der Waals surface area contributed by atoms with Crippen LogP contribution < -0.4 is 10.1 Å². The zero-order valence-electron chi connectivity index (χ0n) is 12.5. The van der Waals surface area contributed by atoms with Crippen LogP contribution in [0.1, 0.15) is 5.69 Å². The average molecular weight is 309 g/mol. The third-order valence-electron chi connectivity index (χ3n) is 3.19. The SMILES string of the molecule is COc1ccc(NC(=O)Cc2cc(-c3ccccc3)on2)cn1. The smallest absolute Gasteiger partial charge is 0.230 e. The Morgan fingerprint density at radius 2 is 2.04 bits per heavy atom. The first kappa shape index (κ1) is 14.8. The molecule has 2 heterocycles. The summed E-state index contributed by atoms with van der Waals surface area (Å²) in [6, 6.07) is 14.8. The van der Waals surface area contributed by atoms with E-state index in [0.29, 0.717) is 23.0 Å². The van der Waals surface area contributed by atoms with E-state index in [1.54, 1.807) is 18.2 Å². The number of ether oxygens (including phenoxy) is 1. The monoisotopic (exact) mass is 309 g/mol. The number of hydrogen-bond donors (Lipinski definition) is 1. The molecule has 1 aromatic carbocycles. The zero-order valence-corrected chi connectivity index (χ0v) is 12.5. The summed E-state index contributed by atoms with van der Waals surface area (Å²) in [6.45, 7) is 0. The summed E-state index contributed by atoms with van der Waals surface area (Å²) in [5, 5.41) is 6.68. The highest BCUT2D eigenvalue weighted by atomic mass is 16.5. The topological polar surface area (TPSA) is 77.2 Å². The first-order valence-electron chi connectivity index (χ1n) is 7.05. The second kappa shape index (κ2) is 6.74. The second-order valence-electron chi connectivity index (χ2n) is 4.86. The predicted molar refractivity (Wildman–Crippen MR) is 85.1 cm³/mol. The van der Waals surface area contributed by atoms with E-state index in [9.17, 15) is 4.79 Å². The summed E-state index contributed by atoms with van der Waals surface area (Å²) >= 11 is 0. The molecule has 0 saturated heterocycles. The highest BCUT2D eigenvalue weighted by Crippen LogP contribution is 2.20. The number of aromatic nitrogens is 2. The third-order valence-corrected chi connectivity index (χ3v) is 3.19. The number of benzene rings is 1. The summed E-state index contributed by atoms with van der Waals surface area (Å²) in [4.78, 5) is 16.1.